The number of rotatable bonds is 12. The molecule has 0 aromatic heterocycles. The van der Waals surface area contributed by atoms with Crippen LogP contribution in [0.3, 0.4) is 0 Å². The minimum atomic E-state index is -1.19. The van der Waals surface area contributed by atoms with Crippen LogP contribution in [0.4, 0.5) is 0 Å². The van der Waals surface area contributed by atoms with Gasteiger partial charge in [0.15, 0.2) is 0 Å². The minimum Gasteiger partial charge on any atom is -0.394 e. The van der Waals surface area contributed by atoms with Gasteiger partial charge in [0.05, 0.1) is 30.1 Å². The number of aliphatic hydroxyl groups is 1. The molecule has 1 aromatic rings. The summed E-state index contributed by atoms with van der Waals surface area (Å²) in [6.45, 7) is 16.0. The molecule has 3 fully saturated rings. The molecule has 3 aliphatic rings. The molecule has 3 saturated heterocycles. The first-order chi connectivity index (χ1) is 19.0. The maximum Gasteiger partial charge on any atom is 0.248 e. The molecule has 0 aliphatic carbocycles. The van der Waals surface area contributed by atoms with Gasteiger partial charge in [-0.3, -0.25) is 14.4 Å². The van der Waals surface area contributed by atoms with Crippen molar-refractivity contribution in [3.8, 4) is 0 Å². The topological polar surface area (TPSA) is 90.4 Å². The van der Waals surface area contributed by atoms with Crippen molar-refractivity contribution < 1.29 is 24.2 Å². The van der Waals surface area contributed by atoms with Gasteiger partial charge in [0.2, 0.25) is 17.7 Å². The minimum absolute atomic E-state index is 0.0666. The molecular weight excluding hydrogens is 506 g/mol. The Balaban J connectivity index is 1.90. The van der Waals surface area contributed by atoms with Crippen LogP contribution in [0.1, 0.15) is 58.6 Å². The van der Waals surface area contributed by atoms with E-state index in [1.807, 2.05) is 51.1 Å². The van der Waals surface area contributed by atoms with Crippen molar-refractivity contribution in [2.45, 2.75) is 76.3 Å². The number of amides is 3. The molecule has 8 heteroatoms. The summed E-state index contributed by atoms with van der Waals surface area (Å²) in [5, 5.41) is 10.7. The Morgan fingerprint density at radius 1 is 1.20 bits per heavy atom. The predicted molar refractivity (Wildman–Crippen MR) is 154 cm³/mol. The summed E-state index contributed by atoms with van der Waals surface area (Å²) in [6, 6.07) is 7.44. The van der Waals surface area contributed by atoms with Crippen LogP contribution in [-0.4, -0.2) is 87.6 Å². The zero-order chi connectivity index (χ0) is 29.4. The van der Waals surface area contributed by atoms with Crippen LogP contribution < -0.4 is 0 Å². The van der Waals surface area contributed by atoms with E-state index < -0.39 is 35.1 Å². The number of carbonyl (C=O) groups excluding carboxylic acids is 3. The highest BCUT2D eigenvalue weighted by Crippen LogP contribution is 2.66. The average molecular weight is 552 g/mol. The van der Waals surface area contributed by atoms with E-state index in [-0.39, 0.29) is 36.3 Å². The first kappa shape index (κ1) is 30.0. The maximum atomic E-state index is 14.7. The van der Waals surface area contributed by atoms with Crippen molar-refractivity contribution in [2.24, 2.45) is 17.8 Å². The summed E-state index contributed by atoms with van der Waals surface area (Å²) < 4.78 is 6.89. The molecule has 0 radical (unpaired) electrons. The van der Waals surface area contributed by atoms with Crippen LogP contribution in [0.2, 0.25) is 0 Å². The molecule has 3 amide bonds. The van der Waals surface area contributed by atoms with E-state index in [2.05, 4.69) is 20.1 Å². The van der Waals surface area contributed by atoms with Gasteiger partial charge in [-0.1, -0.05) is 62.8 Å². The molecule has 8 atom stereocenters. The van der Waals surface area contributed by atoms with Crippen molar-refractivity contribution in [3.63, 3.8) is 0 Å². The van der Waals surface area contributed by atoms with E-state index >= 15 is 0 Å². The van der Waals surface area contributed by atoms with Gasteiger partial charge in [-0.25, -0.2) is 0 Å². The van der Waals surface area contributed by atoms with E-state index in [9.17, 15) is 19.5 Å². The van der Waals surface area contributed by atoms with Gasteiger partial charge < -0.3 is 24.5 Å². The molecule has 40 heavy (non-hydrogen) atoms. The summed E-state index contributed by atoms with van der Waals surface area (Å²) in [5.74, 6) is -2.40. The molecule has 4 unspecified atom stereocenters. The zero-order valence-corrected chi connectivity index (χ0v) is 24.6. The largest absolute Gasteiger partial charge is 0.394 e. The normalized spacial score (nSPS) is 31.9. The van der Waals surface area contributed by atoms with Crippen molar-refractivity contribution in [2.75, 3.05) is 26.7 Å². The van der Waals surface area contributed by atoms with E-state index in [0.29, 0.717) is 19.5 Å². The van der Waals surface area contributed by atoms with E-state index in [0.717, 1.165) is 18.4 Å². The maximum absolute atomic E-state index is 14.7. The lowest BCUT2D eigenvalue weighted by Gasteiger charge is -2.41. The Morgan fingerprint density at radius 2 is 1.85 bits per heavy atom. The molecule has 1 N–H and O–H groups in total. The molecule has 3 heterocycles. The number of hydrogen-bond acceptors (Lipinski definition) is 5. The number of aliphatic hydroxyl groups excluding tert-OH is 1. The third-order valence-corrected chi connectivity index (χ3v) is 9.57. The highest BCUT2D eigenvalue weighted by molar-refractivity contribution is 5.99. The van der Waals surface area contributed by atoms with Gasteiger partial charge in [-0.15, -0.1) is 13.2 Å². The summed E-state index contributed by atoms with van der Waals surface area (Å²) in [4.78, 5) is 48.2. The zero-order valence-electron chi connectivity index (χ0n) is 24.6. The van der Waals surface area contributed by atoms with E-state index in [4.69, 9.17) is 4.74 Å². The monoisotopic (exact) mass is 551 g/mol. The van der Waals surface area contributed by atoms with Crippen LogP contribution >= 0.6 is 0 Å². The second kappa shape index (κ2) is 11.5. The first-order valence-electron chi connectivity index (χ1n) is 14.5. The summed E-state index contributed by atoms with van der Waals surface area (Å²) in [5.41, 5.74) is -1.37. The fourth-order valence-corrected chi connectivity index (χ4v) is 7.58. The number of benzene rings is 1. The Hall–Kier alpha value is -2.97. The van der Waals surface area contributed by atoms with Gasteiger partial charge in [-0.2, -0.15) is 0 Å². The third-order valence-electron chi connectivity index (χ3n) is 9.57. The molecule has 8 nitrogen and oxygen atoms in total. The number of nitrogens with zero attached hydrogens (tertiary/aromatic N) is 3. The van der Waals surface area contributed by atoms with Gasteiger partial charge in [-0.05, 0) is 38.2 Å². The lowest BCUT2D eigenvalue weighted by atomic mass is 9.62. The lowest BCUT2D eigenvalue weighted by Crippen LogP contribution is -2.58. The molecule has 1 aromatic carbocycles. The molecule has 4 rings (SSSR count). The highest BCUT2D eigenvalue weighted by atomic mass is 16.5. The highest BCUT2D eigenvalue weighted by Gasteiger charge is 2.80. The quantitative estimate of drug-likeness (QED) is 0.401. The second-order valence-electron chi connectivity index (χ2n) is 12.0. The number of carbonyl (C=O) groups is 3. The lowest BCUT2D eigenvalue weighted by molar-refractivity contribution is -0.158. The van der Waals surface area contributed by atoms with Crippen molar-refractivity contribution in [3.05, 3.63) is 61.2 Å². The van der Waals surface area contributed by atoms with Gasteiger partial charge >= 0.3 is 0 Å². The second-order valence-corrected chi connectivity index (χ2v) is 12.0. The van der Waals surface area contributed by atoms with Crippen LogP contribution in [0.5, 0.6) is 0 Å². The number of likely N-dealkylation sites (N-methyl/N-ethyl adjacent to an activating group) is 1. The number of hydrogen-bond donors (Lipinski definition) is 1. The molecule has 0 saturated carbocycles. The van der Waals surface area contributed by atoms with E-state index in [1.165, 1.54) is 0 Å². The van der Waals surface area contributed by atoms with Gasteiger partial charge in [0.1, 0.15) is 11.6 Å². The third kappa shape index (κ3) is 4.49. The van der Waals surface area contributed by atoms with Gasteiger partial charge in [0.25, 0.3) is 0 Å². The molecule has 3 aliphatic heterocycles. The molecule has 218 valence electrons. The van der Waals surface area contributed by atoms with E-state index in [1.54, 1.807) is 33.9 Å². The smallest absolute Gasteiger partial charge is 0.248 e. The summed E-state index contributed by atoms with van der Waals surface area (Å²) in [7, 11) is 1.70. The molecule has 2 bridgehead atoms. The van der Waals surface area contributed by atoms with Crippen LogP contribution in [0.15, 0.2) is 55.6 Å². The first-order valence-corrected chi connectivity index (χ1v) is 14.5. The van der Waals surface area contributed by atoms with Crippen LogP contribution in [0, 0.1) is 17.8 Å². The number of likely N-dealkylation sites (tertiary alicyclic amines) is 1. The van der Waals surface area contributed by atoms with Crippen LogP contribution in [-0.2, 0) is 19.1 Å². The predicted octanol–water partition coefficient (Wildman–Crippen LogP) is 3.58. The summed E-state index contributed by atoms with van der Waals surface area (Å²) >= 11 is 0. The summed E-state index contributed by atoms with van der Waals surface area (Å²) in [6.07, 6.45) is 5.51. The Bertz CT molecular complexity index is 1140. The Labute approximate surface area is 238 Å². The SMILES string of the molecule is C=CCN(C)C(=O)[C@H]1[C@H]2C(=O)N([C@H](CO)c3ccccc3)C(C(=O)N(CC=C)C(C)CCC)C23CC(C)[C@]1(C)O3. The fraction of sp³-hybridized carbons (Fsp3) is 0.594. The molecule has 1 spiro atoms. The Morgan fingerprint density at radius 3 is 2.42 bits per heavy atom. The van der Waals surface area contributed by atoms with Crippen molar-refractivity contribution >= 4 is 17.7 Å². The number of ether oxygens (including phenoxy) is 1. The Kier molecular flexibility index (Phi) is 8.62. The average Bonchev–Trinajstić information content (AvgIpc) is 3.44. The number of fused-ring (bicyclic) bond motifs is 1. The fourth-order valence-electron chi connectivity index (χ4n) is 7.58. The van der Waals surface area contributed by atoms with Gasteiger partial charge in [0, 0.05) is 26.2 Å². The molecular formula is C32H45N3O5. The van der Waals surface area contributed by atoms with Crippen molar-refractivity contribution in [1.29, 1.82) is 0 Å². The van der Waals surface area contributed by atoms with Crippen molar-refractivity contribution in [1.82, 2.24) is 14.7 Å². The van der Waals surface area contributed by atoms with Crippen LogP contribution in [0.25, 0.3) is 0 Å². The standard InChI is InChI=1S/C32H45N3O5/c1-8-14-22(5)34(18-10-3)30(39)27-32-19-21(4)31(6,40-32)25(28(37)33(7)17-9-2)26(32)29(38)35(27)24(20-36)23-15-12-11-13-16-23/h9-13,15-16,21-22,24-27,36H,2-3,8,14,17-20H2,1,4-7H3/t21?,22?,24-,25-,26+,27?,31+,32?/m1/s1.